The summed E-state index contributed by atoms with van der Waals surface area (Å²) >= 11 is 0. The SMILES string of the molecule is CC.CC(C)(C)O.CCOC(=O)Cc1c(C)c(C)c2c(c1C)CCN(C)CC2.Cc1ccccc1[N+](=O)[O-].OCO. The van der Waals surface area contributed by atoms with E-state index in [-0.39, 0.29) is 16.6 Å². The predicted molar refractivity (Wildman–Crippen MR) is 166 cm³/mol. The first-order valence-corrected chi connectivity index (χ1v) is 14.2. The Kier molecular flexibility index (Phi) is 20.6. The molecule has 41 heavy (non-hydrogen) atoms. The molecule has 0 amide bonds. The summed E-state index contributed by atoms with van der Waals surface area (Å²) in [7, 11) is 2.18. The van der Waals surface area contributed by atoms with Gasteiger partial charge >= 0.3 is 5.97 Å². The van der Waals surface area contributed by atoms with E-state index in [9.17, 15) is 14.9 Å². The molecule has 1 aliphatic heterocycles. The Morgan fingerprint density at radius 3 is 1.80 bits per heavy atom. The number of ether oxygens (including phenoxy) is 1. The van der Waals surface area contributed by atoms with E-state index in [1.807, 2.05) is 20.8 Å². The van der Waals surface area contributed by atoms with Gasteiger partial charge in [-0.15, -0.1) is 0 Å². The van der Waals surface area contributed by atoms with Crippen LogP contribution in [0.15, 0.2) is 24.3 Å². The van der Waals surface area contributed by atoms with Gasteiger partial charge in [-0.05, 0) is 109 Å². The van der Waals surface area contributed by atoms with Crippen molar-refractivity contribution in [1.82, 2.24) is 4.90 Å². The molecule has 1 heterocycles. The van der Waals surface area contributed by atoms with Gasteiger partial charge in [0.05, 0.1) is 23.6 Å². The van der Waals surface area contributed by atoms with Crippen LogP contribution >= 0.6 is 0 Å². The van der Waals surface area contributed by atoms with Crippen LogP contribution in [0.4, 0.5) is 5.69 Å². The smallest absolute Gasteiger partial charge is 0.310 e. The molecule has 0 aromatic heterocycles. The van der Waals surface area contributed by atoms with Crippen molar-refractivity contribution in [3.8, 4) is 0 Å². The summed E-state index contributed by atoms with van der Waals surface area (Å²) in [5.41, 5.74) is 8.46. The lowest BCUT2D eigenvalue weighted by Crippen LogP contribution is -2.20. The van der Waals surface area contributed by atoms with Crippen molar-refractivity contribution >= 4 is 11.7 Å². The van der Waals surface area contributed by atoms with Crippen LogP contribution in [0, 0.1) is 37.8 Å². The minimum atomic E-state index is -0.750. The summed E-state index contributed by atoms with van der Waals surface area (Å²) in [4.78, 5) is 24.1. The fraction of sp³-hybridized carbons (Fsp3) is 0.594. The number of hydrogen-bond donors (Lipinski definition) is 3. The summed E-state index contributed by atoms with van der Waals surface area (Å²) in [6.07, 6.45) is 2.59. The minimum Gasteiger partial charge on any atom is -0.466 e. The Hall–Kier alpha value is -2.85. The maximum Gasteiger partial charge on any atom is 0.310 e. The number of benzene rings is 2. The molecule has 0 saturated heterocycles. The number of likely N-dealkylation sites (N-methyl/N-ethyl adjacent to an activating group) is 1. The fourth-order valence-electron chi connectivity index (χ4n) is 4.15. The molecule has 2 aromatic rings. The van der Waals surface area contributed by atoms with E-state index in [1.165, 1.54) is 39.4 Å². The second-order valence-corrected chi connectivity index (χ2v) is 10.5. The maximum atomic E-state index is 11.9. The number of fused-ring (bicyclic) bond motifs is 1. The quantitative estimate of drug-likeness (QED) is 0.191. The van der Waals surface area contributed by atoms with Crippen molar-refractivity contribution in [3.05, 3.63) is 73.3 Å². The minimum absolute atomic E-state index is 0.117. The number of aryl methyl sites for hydroxylation is 1. The molecule has 9 heteroatoms. The number of esters is 1. The first-order chi connectivity index (χ1) is 19.1. The van der Waals surface area contributed by atoms with Gasteiger partial charge in [0.2, 0.25) is 0 Å². The highest BCUT2D eigenvalue weighted by Gasteiger charge is 2.21. The molecule has 9 nitrogen and oxygen atoms in total. The average molecular weight is 579 g/mol. The Morgan fingerprint density at radius 2 is 1.41 bits per heavy atom. The molecule has 234 valence electrons. The molecule has 0 bridgehead atoms. The third-order valence-corrected chi connectivity index (χ3v) is 6.16. The van der Waals surface area contributed by atoms with E-state index in [2.05, 4.69) is 32.7 Å². The number of hydrogen-bond acceptors (Lipinski definition) is 8. The molecule has 2 aromatic carbocycles. The van der Waals surface area contributed by atoms with Gasteiger partial charge in [0.25, 0.3) is 5.69 Å². The van der Waals surface area contributed by atoms with E-state index in [4.69, 9.17) is 20.1 Å². The third kappa shape index (κ3) is 16.2. The number of carbonyl (C=O) groups is 1. The highest BCUT2D eigenvalue weighted by molar-refractivity contribution is 5.74. The zero-order chi connectivity index (χ0) is 32.3. The second kappa shape index (κ2) is 20.9. The van der Waals surface area contributed by atoms with Crippen molar-refractivity contribution < 1.29 is 29.8 Å². The first kappa shape index (κ1) is 40.3. The number of nitrogens with zero attached hydrogens (tertiary/aromatic N) is 2. The molecule has 0 unspecified atom stereocenters. The molecule has 0 radical (unpaired) electrons. The van der Waals surface area contributed by atoms with Crippen molar-refractivity contribution in [2.45, 2.75) is 94.1 Å². The van der Waals surface area contributed by atoms with Crippen LogP contribution in [0.1, 0.15) is 80.5 Å². The van der Waals surface area contributed by atoms with E-state index in [1.54, 1.807) is 45.9 Å². The fourth-order valence-corrected chi connectivity index (χ4v) is 4.15. The molecular weight excluding hydrogens is 524 g/mol. The molecule has 0 fully saturated rings. The number of nitro groups is 1. The first-order valence-electron chi connectivity index (χ1n) is 14.2. The van der Waals surface area contributed by atoms with E-state index in [0.717, 1.165) is 25.9 Å². The third-order valence-electron chi connectivity index (χ3n) is 6.16. The average Bonchev–Trinajstić information content (AvgIpc) is 3.08. The van der Waals surface area contributed by atoms with Gasteiger partial charge in [-0.2, -0.15) is 0 Å². The number of aliphatic hydroxyl groups is 3. The molecule has 0 spiro atoms. The molecular formula is C32H54N2O7. The number of aliphatic hydroxyl groups excluding tert-OH is 1. The largest absolute Gasteiger partial charge is 0.466 e. The van der Waals surface area contributed by atoms with Crippen molar-refractivity contribution in [2.75, 3.05) is 33.5 Å². The topological polar surface area (TPSA) is 133 Å². The van der Waals surface area contributed by atoms with Gasteiger partial charge in [0.1, 0.15) is 6.79 Å². The second-order valence-electron chi connectivity index (χ2n) is 10.5. The van der Waals surface area contributed by atoms with Crippen LogP contribution in [0.2, 0.25) is 0 Å². The van der Waals surface area contributed by atoms with Gasteiger partial charge in [0, 0.05) is 24.7 Å². The van der Waals surface area contributed by atoms with E-state index >= 15 is 0 Å². The molecule has 0 atom stereocenters. The van der Waals surface area contributed by atoms with E-state index < -0.39 is 12.4 Å². The Labute approximate surface area is 247 Å². The number of carbonyl (C=O) groups excluding carboxylic acids is 1. The molecule has 0 saturated carbocycles. The van der Waals surface area contributed by atoms with Gasteiger partial charge < -0.3 is 25.0 Å². The van der Waals surface area contributed by atoms with Gasteiger partial charge in [-0.1, -0.05) is 32.0 Å². The van der Waals surface area contributed by atoms with Crippen molar-refractivity contribution in [2.24, 2.45) is 0 Å². The number of para-hydroxylation sites is 1. The Balaban J connectivity index is 0. The summed E-state index contributed by atoms with van der Waals surface area (Å²) in [5.74, 6) is -0.117. The lowest BCUT2D eigenvalue weighted by molar-refractivity contribution is -0.385. The highest BCUT2D eigenvalue weighted by Crippen LogP contribution is 2.30. The van der Waals surface area contributed by atoms with Gasteiger partial charge in [-0.3, -0.25) is 14.9 Å². The van der Waals surface area contributed by atoms with E-state index in [0.29, 0.717) is 18.6 Å². The normalized spacial score (nSPS) is 12.2. The van der Waals surface area contributed by atoms with Crippen LogP contribution in [-0.4, -0.2) is 70.3 Å². The van der Waals surface area contributed by atoms with Crippen molar-refractivity contribution in [1.29, 1.82) is 0 Å². The van der Waals surface area contributed by atoms with Crippen LogP contribution in [0.25, 0.3) is 0 Å². The molecule has 0 aliphatic carbocycles. The number of nitro benzene ring substituents is 1. The standard InChI is InChI=1S/C18H27NO2.C7H7NO2.C4H10O.C2H6.CH4O2/c1-6-21-18(20)11-17-13(3)12(2)15-7-9-19(5)10-8-16(15)14(17)4;1-6-4-2-3-5-7(6)8(9)10;1-4(2,3)5;1-2;2-1-3/h6-11H2,1-5H3;2-5H,1H3;5H,1-3H3;1-2H3;2-3H,1H2. The summed E-state index contributed by atoms with van der Waals surface area (Å²) < 4.78 is 5.13. The van der Waals surface area contributed by atoms with Crippen LogP contribution in [-0.2, 0) is 28.8 Å². The van der Waals surface area contributed by atoms with Crippen LogP contribution in [0.5, 0.6) is 0 Å². The summed E-state index contributed by atoms with van der Waals surface area (Å²) in [6, 6.07) is 6.65. The molecule has 3 rings (SSSR count). The predicted octanol–water partition coefficient (Wildman–Crippen LogP) is 5.38. The Morgan fingerprint density at radius 1 is 0.976 bits per heavy atom. The summed E-state index contributed by atoms with van der Waals surface area (Å²) in [6.45, 7) is 21.2. The van der Waals surface area contributed by atoms with Crippen LogP contribution < -0.4 is 0 Å². The molecule has 1 aliphatic rings. The van der Waals surface area contributed by atoms with Crippen molar-refractivity contribution in [3.63, 3.8) is 0 Å². The van der Waals surface area contributed by atoms with Gasteiger partial charge in [-0.25, -0.2) is 0 Å². The maximum absolute atomic E-state index is 11.9. The molecule has 3 N–H and O–H groups in total. The lowest BCUT2D eigenvalue weighted by atomic mass is 9.85. The van der Waals surface area contributed by atoms with Gasteiger partial charge in [0.15, 0.2) is 0 Å². The zero-order valence-corrected chi connectivity index (χ0v) is 27.1. The highest BCUT2D eigenvalue weighted by atomic mass is 16.6. The zero-order valence-electron chi connectivity index (χ0n) is 27.1. The Bertz CT molecular complexity index is 1060. The monoisotopic (exact) mass is 578 g/mol. The lowest BCUT2D eigenvalue weighted by Gasteiger charge is -2.20. The number of rotatable bonds is 4. The summed E-state index contributed by atoms with van der Waals surface area (Å²) in [5, 5.41) is 33.0. The van der Waals surface area contributed by atoms with Crippen LogP contribution in [0.3, 0.4) is 0 Å².